The topological polar surface area (TPSA) is 49.4 Å². The van der Waals surface area contributed by atoms with Crippen LogP contribution in [0.1, 0.15) is 31.4 Å². The van der Waals surface area contributed by atoms with Gasteiger partial charge in [0.25, 0.3) is 0 Å². The van der Waals surface area contributed by atoms with Gasteiger partial charge in [-0.15, -0.1) is 11.8 Å². The summed E-state index contributed by atoms with van der Waals surface area (Å²) in [4.78, 5) is 27.2. The van der Waals surface area contributed by atoms with E-state index in [0.717, 1.165) is 17.5 Å². The Morgan fingerprint density at radius 3 is 2.37 bits per heavy atom. The normalized spacial score (nSPS) is 11.7. The van der Waals surface area contributed by atoms with E-state index in [-0.39, 0.29) is 17.6 Å². The number of benzene rings is 2. The Kier molecular flexibility index (Phi) is 10.6. The molecule has 162 valence electrons. The molecule has 0 aliphatic heterocycles. The summed E-state index contributed by atoms with van der Waals surface area (Å²) in [6.45, 7) is 4.86. The summed E-state index contributed by atoms with van der Waals surface area (Å²) in [6.07, 6.45) is 1.55. The van der Waals surface area contributed by atoms with Gasteiger partial charge >= 0.3 is 0 Å². The number of carbonyl (C=O) groups excluding carboxylic acids is 2. The van der Waals surface area contributed by atoms with Crippen LogP contribution in [0.5, 0.6) is 0 Å². The lowest BCUT2D eigenvalue weighted by Gasteiger charge is -2.28. The molecule has 0 unspecified atom stereocenters. The molecule has 0 spiro atoms. The van der Waals surface area contributed by atoms with Crippen molar-refractivity contribution in [3.63, 3.8) is 0 Å². The summed E-state index contributed by atoms with van der Waals surface area (Å²) in [6, 6.07) is 14.8. The van der Waals surface area contributed by atoms with E-state index in [4.69, 9.17) is 23.2 Å². The summed E-state index contributed by atoms with van der Waals surface area (Å²) in [5, 5.41) is 4.07. The second-order valence-electron chi connectivity index (χ2n) is 6.98. The molecule has 0 radical (unpaired) electrons. The number of halogens is 2. The molecule has 2 rings (SSSR count). The van der Waals surface area contributed by atoms with E-state index >= 15 is 0 Å². The Morgan fingerprint density at radius 2 is 1.73 bits per heavy atom. The van der Waals surface area contributed by atoms with E-state index in [1.807, 2.05) is 37.3 Å². The van der Waals surface area contributed by atoms with Crippen molar-refractivity contribution in [1.29, 1.82) is 0 Å². The van der Waals surface area contributed by atoms with Gasteiger partial charge in [-0.3, -0.25) is 9.59 Å². The molecule has 1 N–H and O–H groups in total. The van der Waals surface area contributed by atoms with E-state index in [1.165, 1.54) is 11.8 Å². The lowest BCUT2D eigenvalue weighted by Crippen LogP contribution is -2.49. The molecule has 0 bridgehead atoms. The Bertz CT molecular complexity index is 813. The number of hydrogen-bond donors (Lipinski definition) is 1. The molecule has 30 heavy (non-hydrogen) atoms. The van der Waals surface area contributed by atoms with Crippen LogP contribution in [0.3, 0.4) is 0 Å². The average Bonchev–Trinajstić information content (AvgIpc) is 2.74. The number of nitrogens with zero attached hydrogens (tertiary/aromatic N) is 1. The van der Waals surface area contributed by atoms with Gasteiger partial charge in [-0.25, -0.2) is 0 Å². The van der Waals surface area contributed by atoms with Gasteiger partial charge in [-0.1, -0.05) is 66.5 Å². The summed E-state index contributed by atoms with van der Waals surface area (Å²) in [5.41, 5.74) is 1.95. The molecule has 1 atom stereocenters. The van der Waals surface area contributed by atoms with Crippen LogP contribution in [0.4, 0.5) is 0 Å². The fourth-order valence-electron chi connectivity index (χ4n) is 2.96. The largest absolute Gasteiger partial charge is 0.354 e. The fraction of sp³-hybridized carbons (Fsp3) is 0.391. The van der Waals surface area contributed by atoms with Crippen LogP contribution < -0.4 is 5.32 Å². The van der Waals surface area contributed by atoms with Crippen LogP contribution in [-0.2, 0) is 21.8 Å². The summed E-state index contributed by atoms with van der Waals surface area (Å²) >= 11 is 13.9. The predicted octanol–water partition coefficient (Wildman–Crippen LogP) is 5.21. The number of hydrogen-bond acceptors (Lipinski definition) is 3. The van der Waals surface area contributed by atoms with Crippen molar-refractivity contribution in [2.75, 3.05) is 18.8 Å². The lowest BCUT2D eigenvalue weighted by molar-refractivity contribution is -0.137. The quantitative estimate of drug-likeness (QED) is 0.494. The minimum absolute atomic E-state index is 0.0711. The number of thioether (sulfide) groups is 1. The highest BCUT2D eigenvalue weighted by Gasteiger charge is 2.25. The molecule has 0 fully saturated rings. The second-order valence-corrected chi connectivity index (χ2v) is 8.78. The van der Waals surface area contributed by atoms with Crippen LogP contribution in [-0.4, -0.2) is 41.6 Å². The molecule has 0 aliphatic carbocycles. The molecule has 4 nitrogen and oxygen atoms in total. The Balaban J connectivity index is 2.02. The Labute approximate surface area is 193 Å². The van der Waals surface area contributed by atoms with Gasteiger partial charge in [-0.05, 0) is 43.0 Å². The zero-order valence-corrected chi connectivity index (χ0v) is 19.7. The van der Waals surface area contributed by atoms with E-state index in [1.54, 1.807) is 30.0 Å². The monoisotopic (exact) mass is 466 g/mol. The maximum absolute atomic E-state index is 13.0. The highest BCUT2D eigenvalue weighted by Crippen LogP contribution is 2.28. The van der Waals surface area contributed by atoms with Crippen molar-refractivity contribution < 1.29 is 9.59 Å². The third-order valence-electron chi connectivity index (χ3n) is 4.73. The lowest BCUT2D eigenvalue weighted by atomic mass is 10.1. The maximum atomic E-state index is 13.0. The van der Waals surface area contributed by atoms with Gasteiger partial charge in [-0.2, -0.15) is 0 Å². The second kappa shape index (κ2) is 12.9. The van der Waals surface area contributed by atoms with E-state index in [0.29, 0.717) is 35.3 Å². The van der Waals surface area contributed by atoms with Gasteiger partial charge in [0.1, 0.15) is 6.04 Å². The molecular weight excluding hydrogens is 439 g/mol. The first-order chi connectivity index (χ1) is 14.4. The van der Waals surface area contributed by atoms with Crippen LogP contribution in [0.25, 0.3) is 0 Å². The molecule has 2 amide bonds. The van der Waals surface area contributed by atoms with Crippen LogP contribution in [0.2, 0.25) is 10.0 Å². The zero-order valence-electron chi connectivity index (χ0n) is 17.4. The molecule has 0 saturated carbocycles. The Hall–Kier alpha value is -1.69. The first-order valence-corrected chi connectivity index (χ1v) is 12.0. The number of carbonyl (C=O) groups is 2. The van der Waals surface area contributed by atoms with Gasteiger partial charge in [0.05, 0.1) is 5.75 Å². The molecule has 0 aliphatic rings. The van der Waals surface area contributed by atoms with Crippen LogP contribution in [0, 0.1) is 0 Å². The SMILES string of the molecule is CCCNC(=O)[C@H](C)N(CCc1ccccc1)C(=O)CSCc1c(Cl)cccc1Cl. The molecule has 0 heterocycles. The molecule has 0 saturated heterocycles. The fourth-order valence-corrected chi connectivity index (χ4v) is 4.61. The van der Waals surface area contributed by atoms with Gasteiger partial charge in [0.2, 0.25) is 11.8 Å². The zero-order chi connectivity index (χ0) is 21.9. The van der Waals surface area contributed by atoms with Crippen LogP contribution >= 0.6 is 35.0 Å². The first kappa shape index (κ1) is 24.6. The van der Waals surface area contributed by atoms with Crippen molar-refractivity contribution in [1.82, 2.24) is 10.2 Å². The Morgan fingerprint density at radius 1 is 1.07 bits per heavy atom. The van der Waals surface area contributed by atoms with Gasteiger partial charge < -0.3 is 10.2 Å². The summed E-state index contributed by atoms with van der Waals surface area (Å²) in [5.74, 6) is 0.588. The standard InChI is InChI=1S/C23H28Cl2N2O2S/c1-3-13-26-23(29)17(2)27(14-12-18-8-5-4-6-9-18)22(28)16-30-15-19-20(24)10-7-11-21(19)25/h4-11,17H,3,12-16H2,1-2H3,(H,26,29)/t17-/m0/s1. The van der Waals surface area contributed by atoms with Crippen molar-refractivity contribution in [3.8, 4) is 0 Å². The minimum Gasteiger partial charge on any atom is -0.354 e. The maximum Gasteiger partial charge on any atom is 0.242 e. The van der Waals surface area contributed by atoms with Crippen molar-refractivity contribution in [2.45, 2.75) is 38.5 Å². The molecule has 7 heteroatoms. The van der Waals surface area contributed by atoms with Crippen LogP contribution in [0.15, 0.2) is 48.5 Å². The number of nitrogens with one attached hydrogen (secondary N) is 1. The molecule has 0 aromatic heterocycles. The summed E-state index contributed by atoms with van der Waals surface area (Å²) < 4.78 is 0. The van der Waals surface area contributed by atoms with E-state index in [9.17, 15) is 9.59 Å². The first-order valence-electron chi connectivity index (χ1n) is 10.1. The van der Waals surface area contributed by atoms with Gasteiger partial charge in [0.15, 0.2) is 0 Å². The molecule has 2 aromatic carbocycles. The van der Waals surface area contributed by atoms with Gasteiger partial charge in [0, 0.05) is 28.9 Å². The minimum atomic E-state index is -0.530. The predicted molar refractivity (Wildman–Crippen MR) is 127 cm³/mol. The van der Waals surface area contributed by atoms with E-state index in [2.05, 4.69) is 5.32 Å². The molecular formula is C23H28Cl2N2O2S. The summed E-state index contributed by atoms with van der Waals surface area (Å²) in [7, 11) is 0. The molecule has 2 aromatic rings. The van der Waals surface area contributed by atoms with E-state index < -0.39 is 6.04 Å². The number of rotatable bonds is 11. The van der Waals surface area contributed by atoms with Crippen molar-refractivity contribution in [3.05, 3.63) is 69.7 Å². The highest BCUT2D eigenvalue weighted by atomic mass is 35.5. The third kappa shape index (κ3) is 7.53. The smallest absolute Gasteiger partial charge is 0.242 e. The average molecular weight is 467 g/mol. The van der Waals surface area contributed by atoms with Crippen molar-refractivity contribution >= 4 is 46.8 Å². The number of amides is 2. The third-order valence-corrected chi connectivity index (χ3v) is 6.39. The van der Waals surface area contributed by atoms with Crippen molar-refractivity contribution in [2.24, 2.45) is 0 Å². The highest BCUT2D eigenvalue weighted by molar-refractivity contribution is 7.99.